The number of benzene rings is 5. The maximum absolute atomic E-state index is 4.99. The van der Waals surface area contributed by atoms with E-state index in [1.54, 1.807) is 0 Å². The molecule has 0 fully saturated rings. The topological polar surface area (TPSA) is 43.6 Å². The van der Waals surface area contributed by atoms with Crippen molar-refractivity contribution >= 4 is 30.2 Å². The van der Waals surface area contributed by atoms with Crippen molar-refractivity contribution < 1.29 is 0 Å². The first-order chi connectivity index (χ1) is 18.4. The molecule has 0 saturated heterocycles. The first-order valence-electron chi connectivity index (χ1n) is 12.3. The van der Waals surface area contributed by atoms with Crippen molar-refractivity contribution in [3.8, 4) is 39.9 Å². The zero-order valence-corrected chi connectivity index (χ0v) is 20.0. The molecule has 0 aliphatic carbocycles. The van der Waals surface area contributed by atoms with Gasteiger partial charge in [-0.05, 0) is 24.3 Å². The van der Waals surface area contributed by atoms with Gasteiger partial charge in [0.1, 0.15) is 0 Å². The molecule has 182 valence electrons. The Balaban J connectivity index is 0.00000264. The van der Waals surface area contributed by atoms with Gasteiger partial charge >= 0.3 is 0 Å². The average molecular weight is 489 g/mol. The second-order valence-electron chi connectivity index (χ2n) is 8.93. The second kappa shape index (κ2) is 9.79. The summed E-state index contributed by atoms with van der Waals surface area (Å²) in [6, 6.07) is 45.6. The zero-order valence-electron chi connectivity index (χ0n) is 20.0. The van der Waals surface area contributed by atoms with Crippen LogP contribution in [0.1, 0.15) is 0 Å². The minimum absolute atomic E-state index is 0. The molecular formula is C33H26BN4-. The Kier molecular flexibility index (Phi) is 6.02. The highest BCUT2D eigenvalue weighted by molar-refractivity contribution is 6.09. The fourth-order valence-electron chi connectivity index (χ4n) is 4.97. The molecule has 7 aromatic rings. The van der Waals surface area contributed by atoms with Crippen molar-refractivity contribution in [1.82, 2.24) is 19.5 Å². The molecule has 0 aliphatic heterocycles. The minimum Gasteiger partial charge on any atom is -0.309 e. The summed E-state index contributed by atoms with van der Waals surface area (Å²) in [7, 11) is 0. The van der Waals surface area contributed by atoms with Crippen LogP contribution in [0.2, 0.25) is 0 Å². The van der Waals surface area contributed by atoms with Crippen molar-refractivity contribution in [1.29, 1.82) is 0 Å². The third-order valence-corrected chi connectivity index (χ3v) is 6.67. The van der Waals surface area contributed by atoms with E-state index < -0.39 is 0 Å². The van der Waals surface area contributed by atoms with E-state index in [-0.39, 0.29) is 8.41 Å². The Morgan fingerprint density at radius 2 is 0.816 bits per heavy atom. The van der Waals surface area contributed by atoms with Gasteiger partial charge in [0.05, 0.1) is 16.7 Å². The van der Waals surface area contributed by atoms with Gasteiger partial charge in [0.25, 0.3) is 0 Å². The smallest absolute Gasteiger partial charge is 0.166 e. The standard InChI is InChI=1S/C33H22N4.BH4/c1-3-13-23(14-4-1)31-34-32(24-15-5-2-6-16-24)36-33(35-31)27-19-9-12-22-30(27)37-28-20-10-7-17-25(28)26-18-8-11-21-29(26)37;/h1-22H;1H4/q;-1. The summed E-state index contributed by atoms with van der Waals surface area (Å²) in [5.41, 5.74) is 6.19. The van der Waals surface area contributed by atoms with Crippen LogP contribution in [0.5, 0.6) is 0 Å². The van der Waals surface area contributed by atoms with E-state index in [0.29, 0.717) is 17.5 Å². The number of hydrogen-bond acceptors (Lipinski definition) is 3. The van der Waals surface area contributed by atoms with Crippen molar-refractivity contribution in [3.63, 3.8) is 0 Å². The van der Waals surface area contributed by atoms with Crippen molar-refractivity contribution in [2.24, 2.45) is 0 Å². The summed E-state index contributed by atoms with van der Waals surface area (Å²) in [4.78, 5) is 14.9. The molecule has 0 radical (unpaired) electrons. The molecule has 2 aromatic heterocycles. The molecule has 0 atom stereocenters. The summed E-state index contributed by atoms with van der Waals surface area (Å²) in [6.07, 6.45) is 0. The molecule has 0 unspecified atom stereocenters. The normalized spacial score (nSPS) is 10.9. The molecular weight excluding hydrogens is 463 g/mol. The third-order valence-electron chi connectivity index (χ3n) is 6.67. The van der Waals surface area contributed by atoms with Crippen LogP contribution in [0.3, 0.4) is 0 Å². The fourth-order valence-corrected chi connectivity index (χ4v) is 4.97. The van der Waals surface area contributed by atoms with E-state index in [0.717, 1.165) is 33.4 Å². The van der Waals surface area contributed by atoms with Gasteiger partial charge in [0.2, 0.25) is 0 Å². The molecule has 0 amide bonds. The zero-order chi connectivity index (χ0) is 24.6. The Hall–Kier alpha value is -5.03. The minimum atomic E-state index is 0. The predicted octanol–water partition coefficient (Wildman–Crippen LogP) is 6.52. The maximum Gasteiger partial charge on any atom is 0.166 e. The number of hydrogen-bond donors (Lipinski definition) is 0. The molecule has 0 N–H and O–H groups in total. The summed E-state index contributed by atoms with van der Waals surface area (Å²) in [5, 5.41) is 2.44. The summed E-state index contributed by atoms with van der Waals surface area (Å²) in [5.74, 6) is 1.95. The summed E-state index contributed by atoms with van der Waals surface area (Å²) in [6.45, 7) is 0. The van der Waals surface area contributed by atoms with Crippen LogP contribution >= 0.6 is 0 Å². The largest absolute Gasteiger partial charge is 0.309 e. The van der Waals surface area contributed by atoms with Crippen LogP contribution in [-0.4, -0.2) is 27.9 Å². The average Bonchev–Trinajstić information content (AvgIpc) is 3.32. The van der Waals surface area contributed by atoms with Gasteiger partial charge in [-0.2, -0.15) is 0 Å². The van der Waals surface area contributed by atoms with Gasteiger partial charge in [-0.3, -0.25) is 0 Å². The van der Waals surface area contributed by atoms with Gasteiger partial charge in [0.15, 0.2) is 17.5 Å². The van der Waals surface area contributed by atoms with Crippen molar-refractivity contribution in [2.45, 2.75) is 0 Å². The van der Waals surface area contributed by atoms with Crippen LogP contribution in [0.4, 0.5) is 0 Å². The highest BCUT2D eigenvalue weighted by Gasteiger charge is 2.18. The van der Waals surface area contributed by atoms with E-state index in [1.807, 2.05) is 66.7 Å². The quantitative estimate of drug-likeness (QED) is 0.265. The molecule has 5 heteroatoms. The molecule has 0 spiro atoms. The number of aromatic nitrogens is 4. The third kappa shape index (κ3) is 3.95. The highest BCUT2D eigenvalue weighted by atomic mass is 15.0. The van der Waals surface area contributed by atoms with Crippen LogP contribution < -0.4 is 0 Å². The lowest BCUT2D eigenvalue weighted by molar-refractivity contribution is 1.06. The van der Waals surface area contributed by atoms with Crippen LogP contribution in [0.25, 0.3) is 61.7 Å². The van der Waals surface area contributed by atoms with Crippen LogP contribution in [0, 0.1) is 0 Å². The second-order valence-corrected chi connectivity index (χ2v) is 8.93. The van der Waals surface area contributed by atoms with E-state index in [4.69, 9.17) is 15.0 Å². The molecule has 0 aliphatic rings. The van der Waals surface area contributed by atoms with Gasteiger partial charge in [-0.25, -0.2) is 15.0 Å². The van der Waals surface area contributed by atoms with Crippen LogP contribution in [-0.2, 0) is 0 Å². The van der Waals surface area contributed by atoms with Crippen molar-refractivity contribution in [2.75, 3.05) is 0 Å². The van der Waals surface area contributed by atoms with Crippen LogP contribution in [0.15, 0.2) is 133 Å². The fraction of sp³-hybridized carbons (Fsp3) is 0. The summed E-state index contributed by atoms with van der Waals surface area (Å²) < 4.78 is 2.31. The lowest BCUT2D eigenvalue weighted by Crippen LogP contribution is -2.03. The van der Waals surface area contributed by atoms with Gasteiger partial charge < -0.3 is 4.57 Å². The lowest BCUT2D eigenvalue weighted by Gasteiger charge is -2.14. The number of rotatable bonds is 4. The maximum atomic E-state index is 4.99. The highest BCUT2D eigenvalue weighted by Crippen LogP contribution is 2.35. The SMILES string of the molecule is [BH4-].c1ccc(-c2nc(-c3ccccc3)nc(-c3ccccc3-n3c4ccccc4c4ccccc43)n2)cc1. The number of nitrogens with zero attached hydrogens (tertiary/aromatic N) is 4. The molecule has 0 bridgehead atoms. The van der Waals surface area contributed by atoms with Gasteiger partial charge in [-0.15, -0.1) is 0 Å². The Morgan fingerprint density at radius 1 is 0.395 bits per heavy atom. The molecule has 4 nitrogen and oxygen atoms in total. The summed E-state index contributed by atoms with van der Waals surface area (Å²) >= 11 is 0. The molecule has 0 saturated carbocycles. The lowest BCUT2D eigenvalue weighted by atomic mass is 10.1. The van der Waals surface area contributed by atoms with E-state index >= 15 is 0 Å². The molecule has 2 heterocycles. The van der Waals surface area contributed by atoms with E-state index in [2.05, 4.69) is 71.3 Å². The molecule has 7 rings (SSSR count). The van der Waals surface area contributed by atoms with E-state index in [9.17, 15) is 0 Å². The molecule has 5 aromatic carbocycles. The van der Waals surface area contributed by atoms with Crippen molar-refractivity contribution in [3.05, 3.63) is 133 Å². The number of fused-ring (bicyclic) bond motifs is 3. The molecule has 38 heavy (non-hydrogen) atoms. The Bertz CT molecular complexity index is 1770. The Labute approximate surface area is 222 Å². The first kappa shape index (κ1) is 23.4. The Morgan fingerprint density at radius 3 is 1.37 bits per heavy atom. The number of para-hydroxylation sites is 3. The van der Waals surface area contributed by atoms with Gasteiger partial charge in [0, 0.05) is 27.5 Å². The van der Waals surface area contributed by atoms with Gasteiger partial charge in [-0.1, -0.05) is 118 Å². The van der Waals surface area contributed by atoms with E-state index in [1.165, 1.54) is 10.8 Å². The monoisotopic (exact) mass is 489 g/mol. The predicted molar refractivity (Wildman–Crippen MR) is 162 cm³/mol. The first-order valence-corrected chi connectivity index (χ1v) is 12.3.